The second-order valence-electron chi connectivity index (χ2n) is 5.05. The van der Waals surface area contributed by atoms with Crippen LogP contribution in [-0.4, -0.2) is 46.6 Å². The van der Waals surface area contributed by atoms with Crippen LogP contribution in [0.15, 0.2) is 29.4 Å². The van der Waals surface area contributed by atoms with Gasteiger partial charge in [0.25, 0.3) is 0 Å². The molecular formula is C15H20N4O2S. The maximum absolute atomic E-state index is 11.8. The first kappa shape index (κ1) is 16.5. The Hall–Kier alpha value is -1.86. The van der Waals surface area contributed by atoms with Crippen LogP contribution >= 0.6 is 11.8 Å². The van der Waals surface area contributed by atoms with Crippen molar-refractivity contribution >= 4 is 17.7 Å². The van der Waals surface area contributed by atoms with Gasteiger partial charge >= 0.3 is 0 Å². The van der Waals surface area contributed by atoms with E-state index in [9.17, 15) is 4.79 Å². The molecule has 22 heavy (non-hydrogen) atoms. The van der Waals surface area contributed by atoms with E-state index in [0.717, 1.165) is 5.56 Å². The molecule has 1 heterocycles. The lowest BCUT2D eigenvalue weighted by molar-refractivity contribution is -0.119. The van der Waals surface area contributed by atoms with Crippen LogP contribution in [0, 0.1) is 6.92 Å². The fraction of sp³-hybridized carbons (Fsp3) is 0.400. The van der Waals surface area contributed by atoms with Crippen LogP contribution in [0.5, 0.6) is 0 Å². The average molecular weight is 320 g/mol. The van der Waals surface area contributed by atoms with Crippen LogP contribution in [0.4, 0.5) is 0 Å². The van der Waals surface area contributed by atoms with Gasteiger partial charge in [0.15, 0.2) is 5.82 Å². The third-order valence-electron chi connectivity index (χ3n) is 2.95. The van der Waals surface area contributed by atoms with E-state index in [1.807, 2.05) is 38.1 Å². The molecule has 0 aliphatic heterocycles. The van der Waals surface area contributed by atoms with Crippen molar-refractivity contribution in [2.45, 2.75) is 25.0 Å². The first-order chi connectivity index (χ1) is 10.6. The molecule has 0 saturated heterocycles. The van der Waals surface area contributed by atoms with Crippen LogP contribution in [0.3, 0.4) is 0 Å². The number of hydrogen-bond acceptors (Lipinski definition) is 5. The summed E-state index contributed by atoms with van der Waals surface area (Å²) in [5, 5.41) is 10.4. The van der Waals surface area contributed by atoms with Gasteiger partial charge in [-0.3, -0.25) is 9.89 Å². The minimum Gasteiger partial charge on any atom is -0.383 e. The molecule has 0 fully saturated rings. The Bertz CT molecular complexity index is 612. The Morgan fingerprint density at radius 3 is 2.82 bits per heavy atom. The zero-order valence-corrected chi connectivity index (χ0v) is 13.7. The van der Waals surface area contributed by atoms with Crippen LogP contribution in [0.2, 0.25) is 0 Å². The Labute approximate surface area is 134 Å². The zero-order chi connectivity index (χ0) is 15.9. The lowest BCUT2D eigenvalue weighted by Crippen LogP contribution is -2.36. The smallest absolute Gasteiger partial charge is 0.230 e. The van der Waals surface area contributed by atoms with E-state index in [1.165, 1.54) is 17.3 Å². The number of nitrogens with zero attached hydrogens (tertiary/aromatic N) is 2. The van der Waals surface area contributed by atoms with Gasteiger partial charge in [0.2, 0.25) is 11.1 Å². The summed E-state index contributed by atoms with van der Waals surface area (Å²) in [6, 6.07) is 8.02. The number of rotatable bonds is 7. The number of aryl methyl sites for hydroxylation is 1. The zero-order valence-electron chi connectivity index (χ0n) is 12.9. The van der Waals surface area contributed by atoms with Crippen molar-refractivity contribution in [2.24, 2.45) is 0 Å². The largest absolute Gasteiger partial charge is 0.383 e. The molecule has 7 heteroatoms. The maximum Gasteiger partial charge on any atom is 0.230 e. The van der Waals surface area contributed by atoms with Crippen LogP contribution in [0.25, 0.3) is 11.4 Å². The standard InChI is InChI=1S/C15H20N4O2S/c1-10-4-6-12(7-5-10)14-17-15(19-18-14)22-9-13(20)16-11(2)8-21-3/h4-7,11H,8-9H2,1-3H3,(H,16,20)(H,17,18,19). The van der Waals surface area contributed by atoms with Crippen LogP contribution in [-0.2, 0) is 9.53 Å². The number of carbonyl (C=O) groups is 1. The molecule has 118 valence electrons. The van der Waals surface area contributed by atoms with Gasteiger partial charge < -0.3 is 10.1 Å². The molecule has 0 saturated carbocycles. The summed E-state index contributed by atoms with van der Waals surface area (Å²) in [4.78, 5) is 16.2. The van der Waals surface area contributed by atoms with Crippen molar-refractivity contribution in [3.8, 4) is 11.4 Å². The molecule has 1 unspecified atom stereocenters. The van der Waals surface area contributed by atoms with Gasteiger partial charge in [-0.15, -0.1) is 5.10 Å². The quantitative estimate of drug-likeness (QED) is 0.763. The Morgan fingerprint density at radius 2 is 2.14 bits per heavy atom. The van der Waals surface area contributed by atoms with Crippen molar-refractivity contribution < 1.29 is 9.53 Å². The Morgan fingerprint density at radius 1 is 1.41 bits per heavy atom. The topological polar surface area (TPSA) is 79.9 Å². The minimum atomic E-state index is -0.0590. The molecule has 2 N–H and O–H groups in total. The molecule has 1 amide bonds. The first-order valence-corrected chi connectivity index (χ1v) is 7.97. The van der Waals surface area contributed by atoms with Crippen molar-refractivity contribution in [3.05, 3.63) is 29.8 Å². The molecule has 0 aliphatic rings. The van der Waals surface area contributed by atoms with Gasteiger partial charge in [-0.25, -0.2) is 4.98 Å². The Balaban J connectivity index is 1.87. The number of carbonyl (C=O) groups excluding carboxylic acids is 1. The number of amides is 1. The monoisotopic (exact) mass is 320 g/mol. The number of H-pyrrole nitrogens is 1. The van der Waals surface area contributed by atoms with Gasteiger partial charge in [0, 0.05) is 18.7 Å². The Kier molecular flexibility index (Phi) is 5.97. The van der Waals surface area contributed by atoms with Crippen molar-refractivity contribution in [2.75, 3.05) is 19.5 Å². The van der Waals surface area contributed by atoms with Gasteiger partial charge in [0.1, 0.15) is 0 Å². The molecule has 0 radical (unpaired) electrons. The molecule has 1 atom stereocenters. The average Bonchev–Trinajstić information content (AvgIpc) is 2.95. The molecule has 1 aromatic heterocycles. The number of aromatic amines is 1. The summed E-state index contributed by atoms with van der Waals surface area (Å²) in [5.74, 6) is 0.922. The summed E-state index contributed by atoms with van der Waals surface area (Å²) in [6.07, 6.45) is 0. The normalized spacial score (nSPS) is 12.1. The van der Waals surface area contributed by atoms with E-state index in [1.54, 1.807) is 7.11 Å². The third-order valence-corrected chi connectivity index (χ3v) is 3.79. The molecule has 6 nitrogen and oxygen atoms in total. The van der Waals surface area contributed by atoms with Crippen molar-refractivity contribution in [1.29, 1.82) is 0 Å². The van der Waals surface area contributed by atoms with E-state index in [4.69, 9.17) is 4.74 Å². The summed E-state index contributed by atoms with van der Waals surface area (Å²) in [5.41, 5.74) is 2.17. The number of ether oxygens (including phenoxy) is 1. The second-order valence-corrected chi connectivity index (χ2v) is 5.99. The van der Waals surface area contributed by atoms with Gasteiger partial charge in [-0.2, -0.15) is 0 Å². The van der Waals surface area contributed by atoms with Crippen molar-refractivity contribution in [1.82, 2.24) is 20.5 Å². The summed E-state index contributed by atoms with van der Waals surface area (Å²) >= 11 is 1.30. The first-order valence-electron chi connectivity index (χ1n) is 6.99. The predicted octanol–water partition coefficient (Wildman–Crippen LogP) is 2.02. The summed E-state index contributed by atoms with van der Waals surface area (Å²) < 4.78 is 4.98. The number of aromatic nitrogens is 3. The fourth-order valence-corrected chi connectivity index (χ4v) is 2.50. The summed E-state index contributed by atoms with van der Waals surface area (Å²) in [6.45, 7) is 4.43. The molecule has 0 aliphatic carbocycles. The lowest BCUT2D eigenvalue weighted by atomic mass is 10.1. The number of hydrogen-bond donors (Lipinski definition) is 2. The van der Waals surface area contributed by atoms with Gasteiger partial charge in [0.05, 0.1) is 12.4 Å². The van der Waals surface area contributed by atoms with Crippen LogP contribution < -0.4 is 5.32 Å². The second kappa shape index (κ2) is 7.95. The highest BCUT2D eigenvalue weighted by Crippen LogP contribution is 2.19. The highest BCUT2D eigenvalue weighted by Gasteiger charge is 2.10. The van der Waals surface area contributed by atoms with E-state index in [0.29, 0.717) is 17.6 Å². The van der Waals surface area contributed by atoms with E-state index in [2.05, 4.69) is 20.5 Å². The maximum atomic E-state index is 11.8. The fourth-order valence-electron chi connectivity index (χ4n) is 1.89. The number of nitrogens with one attached hydrogen (secondary N) is 2. The molecule has 1 aromatic carbocycles. The highest BCUT2D eigenvalue weighted by molar-refractivity contribution is 7.99. The van der Waals surface area contributed by atoms with E-state index in [-0.39, 0.29) is 17.7 Å². The molecule has 2 rings (SSSR count). The van der Waals surface area contributed by atoms with Gasteiger partial charge in [-0.05, 0) is 13.8 Å². The van der Waals surface area contributed by atoms with E-state index < -0.39 is 0 Å². The highest BCUT2D eigenvalue weighted by atomic mass is 32.2. The number of thioether (sulfide) groups is 1. The van der Waals surface area contributed by atoms with Crippen molar-refractivity contribution in [3.63, 3.8) is 0 Å². The number of methoxy groups -OCH3 is 1. The molecule has 0 bridgehead atoms. The molecule has 0 spiro atoms. The minimum absolute atomic E-state index is 0.00615. The molecule has 2 aromatic rings. The SMILES string of the molecule is COCC(C)NC(=O)CSc1n[nH]c(-c2ccc(C)cc2)n1. The predicted molar refractivity (Wildman–Crippen MR) is 86.8 cm³/mol. The number of benzene rings is 1. The lowest BCUT2D eigenvalue weighted by Gasteiger charge is -2.11. The summed E-state index contributed by atoms with van der Waals surface area (Å²) in [7, 11) is 1.61. The third kappa shape index (κ3) is 4.85. The molecular weight excluding hydrogens is 300 g/mol. The van der Waals surface area contributed by atoms with E-state index >= 15 is 0 Å². The van der Waals surface area contributed by atoms with Crippen LogP contribution in [0.1, 0.15) is 12.5 Å². The van der Waals surface area contributed by atoms with Gasteiger partial charge in [-0.1, -0.05) is 41.6 Å².